The number of benzene rings is 2. The van der Waals surface area contributed by atoms with E-state index in [1.165, 1.54) is 43.1 Å². The lowest BCUT2D eigenvalue weighted by Crippen LogP contribution is -2.51. The first-order valence-corrected chi connectivity index (χ1v) is 15.2. The van der Waals surface area contributed by atoms with E-state index in [1.807, 2.05) is 0 Å². The molecule has 1 amide bonds. The summed E-state index contributed by atoms with van der Waals surface area (Å²) in [5.41, 5.74) is -3.56. The van der Waals surface area contributed by atoms with Crippen molar-refractivity contribution < 1.29 is 39.9 Å². The molecule has 44 heavy (non-hydrogen) atoms. The standard InChI is InChI=1S/C32H37F8N3O/c33-27-7-6-23(20-28(27)34)30(8-10-41-12-14-42(15-13-41)26-4-2-1-3-5-26)9-11-43(21-30)29(44)18-22-16-24(31(35,36)37)19-25(17-22)32(38,39)40/h6-7,16-17,19-20,26H,1-5,8-15,18,21H2/t30-/m1/s1. The van der Waals surface area contributed by atoms with Gasteiger partial charge in [-0.05, 0) is 73.7 Å². The Bertz CT molecular complexity index is 1280. The molecular weight excluding hydrogens is 594 g/mol. The Labute approximate surface area is 252 Å². The Balaban J connectivity index is 1.29. The van der Waals surface area contributed by atoms with Crippen LogP contribution in [-0.4, -0.2) is 72.5 Å². The van der Waals surface area contributed by atoms with Crippen molar-refractivity contribution in [1.82, 2.24) is 14.7 Å². The largest absolute Gasteiger partial charge is 0.416 e. The molecule has 0 N–H and O–H groups in total. The fourth-order valence-electron chi connectivity index (χ4n) is 7.07. The number of amides is 1. The van der Waals surface area contributed by atoms with Gasteiger partial charge in [-0.2, -0.15) is 26.3 Å². The molecule has 5 rings (SSSR count). The maximum absolute atomic E-state index is 14.4. The quantitative estimate of drug-likeness (QED) is 0.307. The molecule has 2 aromatic carbocycles. The summed E-state index contributed by atoms with van der Waals surface area (Å²) in [6.07, 6.45) is -3.49. The molecule has 1 saturated carbocycles. The Morgan fingerprint density at radius 1 is 0.795 bits per heavy atom. The molecule has 1 atom stereocenters. The van der Waals surface area contributed by atoms with E-state index in [2.05, 4.69) is 9.80 Å². The number of carbonyl (C=O) groups excluding carboxylic acids is 1. The van der Waals surface area contributed by atoms with Crippen LogP contribution in [0.4, 0.5) is 35.1 Å². The van der Waals surface area contributed by atoms with Gasteiger partial charge in [0, 0.05) is 50.7 Å². The summed E-state index contributed by atoms with van der Waals surface area (Å²) in [5.74, 6) is -2.64. The van der Waals surface area contributed by atoms with Crippen LogP contribution in [0.2, 0.25) is 0 Å². The van der Waals surface area contributed by atoms with Gasteiger partial charge in [-0.1, -0.05) is 25.3 Å². The third-order valence-electron chi connectivity index (χ3n) is 9.65. The van der Waals surface area contributed by atoms with Gasteiger partial charge in [0.25, 0.3) is 0 Å². The summed E-state index contributed by atoms with van der Waals surface area (Å²) in [5, 5.41) is 0. The predicted molar refractivity (Wildman–Crippen MR) is 149 cm³/mol. The van der Waals surface area contributed by atoms with Gasteiger partial charge in [0.1, 0.15) is 0 Å². The van der Waals surface area contributed by atoms with E-state index in [9.17, 15) is 39.9 Å². The van der Waals surface area contributed by atoms with Crippen LogP contribution in [0.3, 0.4) is 0 Å². The van der Waals surface area contributed by atoms with Crippen molar-refractivity contribution >= 4 is 5.91 Å². The van der Waals surface area contributed by atoms with Crippen molar-refractivity contribution in [3.63, 3.8) is 0 Å². The Hall–Kier alpha value is -2.73. The molecule has 0 radical (unpaired) electrons. The number of hydrogen-bond donors (Lipinski definition) is 0. The summed E-state index contributed by atoms with van der Waals surface area (Å²) < 4.78 is 108. The molecule has 12 heteroatoms. The number of alkyl halides is 6. The predicted octanol–water partition coefficient (Wildman–Crippen LogP) is 7.06. The summed E-state index contributed by atoms with van der Waals surface area (Å²) in [7, 11) is 0. The van der Waals surface area contributed by atoms with Crippen molar-refractivity contribution in [2.75, 3.05) is 45.8 Å². The number of hydrogen-bond acceptors (Lipinski definition) is 3. The maximum atomic E-state index is 14.4. The first-order valence-electron chi connectivity index (χ1n) is 15.2. The van der Waals surface area contributed by atoms with E-state index in [0.717, 1.165) is 38.3 Å². The molecule has 0 unspecified atom stereocenters. The van der Waals surface area contributed by atoms with Crippen molar-refractivity contribution in [3.8, 4) is 0 Å². The van der Waals surface area contributed by atoms with Crippen molar-refractivity contribution in [3.05, 3.63) is 70.3 Å². The zero-order valence-electron chi connectivity index (χ0n) is 24.4. The monoisotopic (exact) mass is 631 g/mol. The van der Waals surface area contributed by atoms with Crippen LogP contribution >= 0.6 is 0 Å². The number of carbonyl (C=O) groups is 1. The van der Waals surface area contributed by atoms with E-state index in [0.29, 0.717) is 43.1 Å². The normalized spacial score (nSPS) is 23.0. The summed E-state index contributed by atoms with van der Waals surface area (Å²) >= 11 is 0. The third kappa shape index (κ3) is 7.55. The zero-order valence-corrected chi connectivity index (χ0v) is 24.4. The number of likely N-dealkylation sites (tertiary alicyclic amines) is 1. The highest BCUT2D eigenvalue weighted by Crippen LogP contribution is 2.40. The number of nitrogens with zero attached hydrogens (tertiary/aromatic N) is 3. The van der Waals surface area contributed by atoms with Crippen molar-refractivity contribution in [2.45, 2.75) is 75.2 Å². The van der Waals surface area contributed by atoms with E-state index < -0.39 is 58.4 Å². The molecular formula is C32H37F8N3O. The molecule has 0 bridgehead atoms. The smallest absolute Gasteiger partial charge is 0.341 e. The highest BCUT2D eigenvalue weighted by atomic mass is 19.4. The van der Waals surface area contributed by atoms with Crippen LogP contribution in [0, 0.1) is 11.6 Å². The van der Waals surface area contributed by atoms with Gasteiger partial charge in [0.05, 0.1) is 17.5 Å². The molecule has 4 nitrogen and oxygen atoms in total. The van der Waals surface area contributed by atoms with Crippen LogP contribution in [0.25, 0.3) is 0 Å². The lowest BCUT2D eigenvalue weighted by molar-refractivity contribution is -0.143. The van der Waals surface area contributed by atoms with E-state index in [-0.39, 0.29) is 19.2 Å². The fourth-order valence-corrected chi connectivity index (χ4v) is 7.07. The van der Waals surface area contributed by atoms with E-state index in [4.69, 9.17) is 0 Å². The zero-order chi connectivity index (χ0) is 31.7. The van der Waals surface area contributed by atoms with Crippen molar-refractivity contribution in [1.29, 1.82) is 0 Å². The third-order valence-corrected chi connectivity index (χ3v) is 9.65. The summed E-state index contributed by atoms with van der Waals surface area (Å²) in [4.78, 5) is 19.6. The van der Waals surface area contributed by atoms with Crippen LogP contribution in [-0.2, 0) is 29.0 Å². The molecule has 2 aromatic rings. The highest BCUT2D eigenvalue weighted by molar-refractivity contribution is 5.79. The Morgan fingerprint density at radius 3 is 2.02 bits per heavy atom. The molecule has 0 spiro atoms. The van der Waals surface area contributed by atoms with E-state index >= 15 is 0 Å². The minimum absolute atomic E-state index is 0.0346. The molecule has 0 aromatic heterocycles. The van der Waals surface area contributed by atoms with Crippen LogP contribution < -0.4 is 0 Å². The second kappa shape index (κ2) is 12.9. The van der Waals surface area contributed by atoms with Crippen LogP contribution in [0.1, 0.15) is 67.2 Å². The van der Waals surface area contributed by atoms with Gasteiger partial charge in [-0.15, -0.1) is 0 Å². The Morgan fingerprint density at radius 2 is 1.43 bits per heavy atom. The highest BCUT2D eigenvalue weighted by Gasteiger charge is 2.43. The number of rotatable bonds is 7. The molecule has 3 aliphatic rings. The lowest BCUT2D eigenvalue weighted by Gasteiger charge is -2.41. The van der Waals surface area contributed by atoms with Crippen LogP contribution in [0.15, 0.2) is 36.4 Å². The molecule has 2 heterocycles. The van der Waals surface area contributed by atoms with Crippen molar-refractivity contribution in [2.24, 2.45) is 0 Å². The van der Waals surface area contributed by atoms with Gasteiger partial charge < -0.3 is 9.80 Å². The van der Waals surface area contributed by atoms with Gasteiger partial charge in [-0.25, -0.2) is 8.78 Å². The van der Waals surface area contributed by atoms with Gasteiger partial charge in [-0.3, -0.25) is 9.69 Å². The average Bonchev–Trinajstić information content (AvgIpc) is 3.43. The molecule has 3 fully saturated rings. The van der Waals surface area contributed by atoms with Gasteiger partial charge in [0.15, 0.2) is 11.6 Å². The molecule has 2 aliphatic heterocycles. The first kappa shape index (κ1) is 32.7. The minimum atomic E-state index is -5.02. The maximum Gasteiger partial charge on any atom is 0.416 e. The summed E-state index contributed by atoms with van der Waals surface area (Å²) in [6, 6.07) is 5.46. The van der Waals surface area contributed by atoms with Gasteiger partial charge in [0.2, 0.25) is 5.91 Å². The fraction of sp³-hybridized carbons (Fsp3) is 0.594. The lowest BCUT2D eigenvalue weighted by atomic mass is 9.76. The molecule has 242 valence electrons. The number of halogens is 8. The van der Waals surface area contributed by atoms with E-state index in [1.54, 1.807) is 0 Å². The SMILES string of the molecule is O=C(Cc1cc(C(F)(F)F)cc(C(F)(F)F)c1)N1CC[C@@](CCN2CCN(C3CCCCC3)CC2)(c2ccc(F)c(F)c2)C1. The number of piperazine rings is 1. The minimum Gasteiger partial charge on any atom is -0.341 e. The second-order valence-corrected chi connectivity index (χ2v) is 12.5. The average molecular weight is 632 g/mol. The first-order chi connectivity index (χ1) is 20.7. The second-order valence-electron chi connectivity index (χ2n) is 12.5. The summed E-state index contributed by atoms with van der Waals surface area (Å²) in [6.45, 7) is 4.58. The molecule has 2 saturated heterocycles. The topological polar surface area (TPSA) is 26.8 Å². The van der Waals surface area contributed by atoms with Gasteiger partial charge >= 0.3 is 12.4 Å². The molecule has 1 aliphatic carbocycles. The Kier molecular flexibility index (Phi) is 9.61. The van der Waals surface area contributed by atoms with Crippen LogP contribution in [0.5, 0.6) is 0 Å².